The molecule has 2 amide bonds. The van der Waals surface area contributed by atoms with Crippen LogP contribution in [-0.4, -0.2) is 61.4 Å². The summed E-state index contributed by atoms with van der Waals surface area (Å²) in [5.74, 6) is 0. The zero-order valence-corrected chi connectivity index (χ0v) is 11.2. The van der Waals surface area contributed by atoms with Gasteiger partial charge in [0.2, 0.25) is 0 Å². The van der Waals surface area contributed by atoms with Crippen LogP contribution in [0, 0.1) is 0 Å². The summed E-state index contributed by atoms with van der Waals surface area (Å²) in [6.07, 6.45) is 2.95. The van der Waals surface area contributed by atoms with Crippen molar-refractivity contribution in [2.75, 3.05) is 33.4 Å². The molecule has 1 aliphatic rings. The van der Waals surface area contributed by atoms with Crippen LogP contribution in [0.4, 0.5) is 9.59 Å². The Morgan fingerprint density at radius 3 is 2.58 bits per heavy atom. The average Bonchev–Trinajstić information content (AvgIpc) is 2.90. The van der Waals surface area contributed by atoms with Crippen molar-refractivity contribution in [1.29, 1.82) is 0 Å². The molecule has 0 aliphatic carbocycles. The van der Waals surface area contributed by atoms with E-state index in [2.05, 4.69) is 13.2 Å². The zero-order valence-electron chi connectivity index (χ0n) is 11.2. The molecular weight excluding hydrogens is 248 g/mol. The molecule has 0 spiro atoms. The van der Waals surface area contributed by atoms with E-state index < -0.39 is 6.09 Å². The highest BCUT2D eigenvalue weighted by Gasteiger charge is 2.32. The van der Waals surface area contributed by atoms with E-state index in [9.17, 15) is 9.59 Å². The summed E-state index contributed by atoms with van der Waals surface area (Å²) in [4.78, 5) is 26.3. The number of carbonyl (C=O) groups is 2. The van der Waals surface area contributed by atoms with E-state index in [0.29, 0.717) is 19.5 Å². The number of amides is 2. The maximum atomic E-state index is 11.6. The fraction of sp³-hybridized carbons (Fsp3) is 0.538. The molecule has 1 aliphatic heterocycles. The Bertz CT molecular complexity index is 357. The molecule has 19 heavy (non-hydrogen) atoms. The molecule has 1 heterocycles. The highest BCUT2D eigenvalue weighted by atomic mass is 16.6. The molecule has 0 aromatic carbocycles. The quantitative estimate of drug-likeness (QED) is 0.711. The second kappa shape index (κ2) is 7.45. The largest absolute Gasteiger partial charge is 0.445 e. The lowest BCUT2D eigenvalue weighted by atomic mass is 10.2. The molecule has 106 valence electrons. The van der Waals surface area contributed by atoms with Gasteiger partial charge in [0, 0.05) is 20.1 Å². The molecule has 1 unspecified atom stereocenters. The van der Waals surface area contributed by atoms with Gasteiger partial charge in [-0.05, 0) is 6.42 Å². The lowest BCUT2D eigenvalue weighted by Crippen LogP contribution is -2.40. The standard InChI is InChI=1S/C13H20N2O4/c1-4-8-18-12(16)14(3)11-6-7-15(10-11)13(17)19-9-5-2/h4-5,11H,1-2,6-10H2,3H3. The second-order valence-electron chi connectivity index (χ2n) is 4.23. The molecule has 6 nitrogen and oxygen atoms in total. The summed E-state index contributed by atoms with van der Waals surface area (Å²) in [5, 5.41) is 0. The third-order valence-electron chi connectivity index (χ3n) is 2.91. The number of likely N-dealkylation sites (tertiary alicyclic amines) is 1. The van der Waals surface area contributed by atoms with Crippen LogP contribution in [0.15, 0.2) is 25.3 Å². The minimum Gasteiger partial charge on any atom is -0.445 e. The molecule has 0 aromatic rings. The van der Waals surface area contributed by atoms with Crippen molar-refractivity contribution >= 4 is 12.2 Å². The topological polar surface area (TPSA) is 59.1 Å². The molecule has 1 fully saturated rings. The van der Waals surface area contributed by atoms with Crippen LogP contribution in [0.2, 0.25) is 0 Å². The Hall–Kier alpha value is -1.98. The number of hydrogen-bond acceptors (Lipinski definition) is 4. The normalized spacial score (nSPS) is 17.7. The van der Waals surface area contributed by atoms with Crippen molar-refractivity contribution in [3.05, 3.63) is 25.3 Å². The van der Waals surface area contributed by atoms with Crippen LogP contribution >= 0.6 is 0 Å². The van der Waals surface area contributed by atoms with Crippen LogP contribution < -0.4 is 0 Å². The van der Waals surface area contributed by atoms with E-state index in [4.69, 9.17) is 9.47 Å². The van der Waals surface area contributed by atoms with E-state index >= 15 is 0 Å². The third kappa shape index (κ3) is 4.31. The molecule has 0 N–H and O–H groups in total. The first-order valence-corrected chi connectivity index (χ1v) is 6.13. The Balaban J connectivity index is 2.42. The lowest BCUT2D eigenvalue weighted by Gasteiger charge is -2.23. The molecule has 1 rings (SSSR count). The molecular formula is C13H20N2O4. The molecule has 1 saturated heterocycles. The number of rotatable bonds is 5. The number of carbonyl (C=O) groups excluding carboxylic acids is 2. The van der Waals surface area contributed by atoms with Gasteiger partial charge < -0.3 is 19.3 Å². The first-order chi connectivity index (χ1) is 9.10. The third-order valence-corrected chi connectivity index (χ3v) is 2.91. The van der Waals surface area contributed by atoms with Crippen molar-refractivity contribution in [2.24, 2.45) is 0 Å². The highest BCUT2D eigenvalue weighted by Crippen LogP contribution is 2.16. The van der Waals surface area contributed by atoms with Gasteiger partial charge in [0.05, 0.1) is 6.04 Å². The average molecular weight is 268 g/mol. The van der Waals surface area contributed by atoms with Gasteiger partial charge in [-0.2, -0.15) is 0 Å². The minimum atomic E-state index is -0.411. The molecule has 0 radical (unpaired) electrons. The van der Waals surface area contributed by atoms with Gasteiger partial charge in [-0.15, -0.1) is 0 Å². The Kier molecular flexibility index (Phi) is 5.92. The van der Waals surface area contributed by atoms with E-state index in [0.717, 1.165) is 0 Å². The Morgan fingerprint density at radius 1 is 1.32 bits per heavy atom. The minimum absolute atomic E-state index is 0.0476. The maximum absolute atomic E-state index is 11.6. The molecule has 0 aromatic heterocycles. The zero-order chi connectivity index (χ0) is 14.3. The van der Waals surface area contributed by atoms with Gasteiger partial charge in [0.1, 0.15) is 13.2 Å². The summed E-state index contributed by atoms with van der Waals surface area (Å²) in [7, 11) is 1.66. The highest BCUT2D eigenvalue weighted by molar-refractivity contribution is 5.70. The van der Waals surface area contributed by atoms with Crippen molar-refractivity contribution < 1.29 is 19.1 Å². The first kappa shape index (κ1) is 15.1. The Morgan fingerprint density at radius 2 is 1.95 bits per heavy atom. The van der Waals surface area contributed by atoms with E-state index in [-0.39, 0.29) is 25.3 Å². The van der Waals surface area contributed by atoms with Crippen molar-refractivity contribution in [3.63, 3.8) is 0 Å². The van der Waals surface area contributed by atoms with Gasteiger partial charge in [-0.1, -0.05) is 25.3 Å². The van der Waals surface area contributed by atoms with Crippen molar-refractivity contribution in [2.45, 2.75) is 12.5 Å². The molecule has 0 bridgehead atoms. The summed E-state index contributed by atoms with van der Waals surface area (Å²) < 4.78 is 9.90. The number of hydrogen-bond donors (Lipinski definition) is 0. The van der Waals surface area contributed by atoms with Crippen LogP contribution in [0.1, 0.15) is 6.42 Å². The van der Waals surface area contributed by atoms with Gasteiger partial charge in [0.15, 0.2) is 0 Å². The fourth-order valence-corrected chi connectivity index (χ4v) is 1.83. The summed E-state index contributed by atoms with van der Waals surface area (Å²) in [5.41, 5.74) is 0. The second-order valence-corrected chi connectivity index (χ2v) is 4.23. The fourth-order valence-electron chi connectivity index (χ4n) is 1.83. The van der Waals surface area contributed by atoms with Crippen LogP contribution in [-0.2, 0) is 9.47 Å². The van der Waals surface area contributed by atoms with E-state index in [1.54, 1.807) is 11.9 Å². The maximum Gasteiger partial charge on any atom is 0.410 e. The smallest absolute Gasteiger partial charge is 0.410 e. The summed E-state index contributed by atoms with van der Waals surface area (Å²) in [6.45, 7) is 8.36. The van der Waals surface area contributed by atoms with Crippen LogP contribution in [0.25, 0.3) is 0 Å². The predicted octanol–water partition coefficient (Wildman–Crippen LogP) is 1.64. The Labute approximate surface area is 113 Å². The van der Waals surface area contributed by atoms with Gasteiger partial charge in [-0.25, -0.2) is 9.59 Å². The van der Waals surface area contributed by atoms with E-state index in [1.165, 1.54) is 17.1 Å². The number of ether oxygens (including phenoxy) is 2. The summed E-state index contributed by atoms with van der Waals surface area (Å²) >= 11 is 0. The number of nitrogens with zero attached hydrogens (tertiary/aromatic N) is 2. The van der Waals surface area contributed by atoms with Gasteiger partial charge >= 0.3 is 12.2 Å². The predicted molar refractivity (Wildman–Crippen MR) is 70.8 cm³/mol. The van der Waals surface area contributed by atoms with Gasteiger partial charge in [-0.3, -0.25) is 0 Å². The molecule has 1 atom stereocenters. The SMILES string of the molecule is C=CCOC(=O)N1CCC(N(C)C(=O)OCC=C)C1. The first-order valence-electron chi connectivity index (χ1n) is 6.13. The van der Waals surface area contributed by atoms with E-state index in [1.807, 2.05) is 0 Å². The lowest BCUT2D eigenvalue weighted by molar-refractivity contribution is 0.101. The van der Waals surface area contributed by atoms with Crippen molar-refractivity contribution in [3.8, 4) is 0 Å². The molecule has 0 saturated carbocycles. The van der Waals surface area contributed by atoms with Crippen molar-refractivity contribution in [1.82, 2.24) is 9.80 Å². The van der Waals surface area contributed by atoms with Crippen LogP contribution in [0.5, 0.6) is 0 Å². The monoisotopic (exact) mass is 268 g/mol. The summed E-state index contributed by atoms with van der Waals surface area (Å²) in [6, 6.07) is -0.0476. The van der Waals surface area contributed by atoms with Crippen LogP contribution in [0.3, 0.4) is 0 Å². The van der Waals surface area contributed by atoms with Gasteiger partial charge in [0.25, 0.3) is 0 Å². The number of likely N-dealkylation sites (N-methyl/N-ethyl adjacent to an activating group) is 1. The molecule has 6 heteroatoms.